The summed E-state index contributed by atoms with van der Waals surface area (Å²) in [5.74, 6) is -1.40. The first-order chi connectivity index (χ1) is 11.6. The molecule has 2 aromatic rings. The van der Waals surface area contributed by atoms with Gasteiger partial charge in [0.2, 0.25) is 5.91 Å². The van der Waals surface area contributed by atoms with E-state index in [1.54, 1.807) is 16.2 Å². The van der Waals surface area contributed by atoms with Crippen molar-refractivity contribution < 1.29 is 14.7 Å². The number of thiophene rings is 1. The molecule has 0 spiro atoms. The summed E-state index contributed by atoms with van der Waals surface area (Å²) in [6.45, 7) is 3.05. The second-order valence-corrected chi connectivity index (χ2v) is 7.63. The van der Waals surface area contributed by atoms with Crippen LogP contribution in [0.2, 0.25) is 0 Å². The van der Waals surface area contributed by atoms with Crippen molar-refractivity contribution in [1.82, 2.24) is 9.80 Å². The normalized spacial score (nSPS) is 25.0. The smallest absolute Gasteiger partial charge is 0.308 e. The lowest BCUT2D eigenvalue weighted by Crippen LogP contribution is -2.39. The monoisotopic (exact) mass is 344 g/mol. The number of hydrogen-bond donors (Lipinski definition) is 1. The molecule has 0 radical (unpaired) electrons. The summed E-state index contributed by atoms with van der Waals surface area (Å²) in [5, 5.41) is 12.7. The van der Waals surface area contributed by atoms with Crippen molar-refractivity contribution in [2.45, 2.75) is 25.4 Å². The third kappa shape index (κ3) is 2.80. The number of benzene rings is 1. The molecule has 1 aromatic carbocycles. The summed E-state index contributed by atoms with van der Waals surface area (Å²) in [6.07, 6.45) is 1.08. The lowest BCUT2D eigenvalue weighted by Gasteiger charge is -2.24. The second-order valence-electron chi connectivity index (χ2n) is 6.72. The molecular formula is C18H20N2O3S. The van der Waals surface area contributed by atoms with E-state index >= 15 is 0 Å². The molecule has 2 atom stereocenters. The van der Waals surface area contributed by atoms with Gasteiger partial charge in [-0.25, -0.2) is 0 Å². The van der Waals surface area contributed by atoms with Crippen LogP contribution >= 0.6 is 11.3 Å². The molecule has 126 valence electrons. The first kappa shape index (κ1) is 15.6. The first-order valence-corrected chi connectivity index (χ1v) is 9.19. The van der Waals surface area contributed by atoms with Gasteiger partial charge in [-0.3, -0.25) is 14.5 Å². The molecule has 0 bridgehead atoms. The molecule has 0 aliphatic carbocycles. The van der Waals surface area contributed by atoms with Crippen molar-refractivity contribution in [3.05, 3.63) is 35.2 Å². The van der Waals surface area contributed by atoms with E-state index in [0.717, 1.165) is 26.1 Å². The lowest BCUT2D eigenvalue weighted by atomic mass is 10.1. The molecule has 2 unspecified atom stereocenters. The number of carboxylic acid groups (broad SMARTS) is 1. The van der Waals surface area contributed by atoms with Crippen molar-refractivity contribution in [2.24, 2.45) is 5.92 Å². The molecule has 1 N–H and O–H groups in total. The average Bonchev–Trinajstić information content (AvgIpc) is 3.27. The Labute approximate surface area is 144 Å². The standard InChI is InChI=1S/C18H20N2O3S/c21-17-7-12(18(22)23)9-20(17)14-5-6-19(10-14)8-13-11-24-16-4-2-1-3-15(13)16/h1-4,11-12,14H,5-10H2,(H,22,23). The van der Waals surface area contributed by atoms with Crippen molar-refractivity contribution in [2.75, 3.05) is 19.6 Å². The number of likely N-dealkylation sites (tertiary alicyclic amines) is 2. The van der Waals surface area contributed by atoms with Gasteiger partial charge >= 0.3 is 5.97 Å². The molecule has 3 heterocycles. The molecule has 4 rings (SSSR count). The van der Waals surface area contributed by atoms with Crippen LogP contribution in [0.5, 0.6) is 0 Å². The van der Waals surface area contributed by atoms with Crippen LogP contribution in [0.25, 0.3) is 10.1 Å². The van der Waals surface area contributed by atoms with E-state index in [0.29, 0.717) is 6.54 Å². The molecule has 2 saturated heterocycles. The second kappa shape index (κ2) is 6.18. The van der Waals surface area contributed by atoms with Gasteiger partial charge in [-0.2, -0.15) is 0 Å². The summed E-state index contributed by atoms with van der Waals surface area (Å²) in [5.41, 5.74) is 1.34. The van der Waals surface area contributed by atoms with Gasteiger partial charge in [0.1, 0.15) is 0 Å². The highest BCUT2D eigenvalue weighted by molar-refractivity contribution is 7.17. The molecule has 24 heavy (non-hydrogen) atoms. The van der Waals surface area contributed by atoms with Crippen molar-refractivity contribution >= 4 is 33.3 Å². The fourth-order valence-corrected chi connectivity index (χ4v) is 4.81. The fourth-order valence-electron chi connectivity index (χ4n) is 3.86. The van der Waals surface area contributed by atoms with Crippen LogP contribution < -0.4 is 0 Å². The van der Waals surface area contributed by atoms with E-state index in [1.807, 2.05) is 0 Å². The topological polar surface area (TPSA) is 60.9 Å². The van der Waals surface area contributed by atoms with E-state index < -0.39 is 11.9 Å². The third-order valence-electron chi connectivity index (χ3n) is 5.15. The van der Waals surface area contributed by atoms with Crippen molar-refractivity contribution in [3.63, 3.8) is 0 Å². The first-order valence-electron chi connectivity index (χ1n) is 8.31. The number of hydrogen-bond acceptors (Lipinski definition) is 4. The molecule has 0 saturated carbocycles. The van der Waals surface area contributed by atoms with Gasteiger partial charge < -0.3 is 10.0 Å². The Bertz CT molecular complexity index is 787. The summed E-state index contributed by atoms with van der Waals surface area (Å²) >= 11 is 1.77. The number of nitrogens with zero attached hydrogens (tertiary/aromatic N) is 2. The third-order valence-corrected chi connectivity index (χ3v) is 6.16. The summed E-state index contributed by atoms with van der Waals surface area (Å²) in [4.78, 5) is 27.4. The SMILES string of the molecule is O=C(O)C1CC(=O)N(C2CCN(Cc3csc4ccccc34)C2)C1. The highest BCUT2D eigenvalue weighted by atomic mass is 32.1. The zero-order valence-corrected chi connectivity index (χ0v) is 14.2. The van der Waals surface area contributed by atoms with Gasteiger partial charge in [-0.1, -0.05) is 18.2 Å². The molecular weight excluding hydrogens is 324 g/mol. The minimum atomic E-state index is -0.856. The number of aliphatic carboxylic acids is 1. The summed E-state index contributed by atoms with van der Waals surface area (Å²) in [6, 6.07) is 8.60. The maximum Gasteiger partial charge on any atom is 0.308 e. The molecule has 2 aliphatic rings. The number of fused-ring (bicyclic) bond motifs is 1. The zero-order valence-electron chi connectivity index (χ0n) is 13.4. The maximum atomic E-state index is 12.1. The number of carbonyl (C=O) groups is 2. The van der Waals surface area contributed by atoms with E-state index in [-0.39, 0.29) is 18.4 Å². The van der Waals surface area contributed by atoms with E-state index in [1.165, 1.54) is 15.6 Å². The van der Waals surface area contributed by atoms with Gasteiger partial charge in [0.15, 0.2) is 0 Å². The van der Waals surface area contributed by atoms with Gasteiger partial charge in [0, 0.05) is 43.3 Å². The van der Waals surface area contributed by atoms with Gasteiger partial charge in [0.05, 0.1) is 5.92 Å². The zero-order chi connectivity index (χ0) is 16.7. The Morgan fingerprint density at radius 2 is 2.12 bits per heavy atom. The van der Waals surface area contributed by atoms with Crippen LogP contribution in [0.1, 0.15) is 18.4 Å². The van der Waals surface area contributed by atoms with E-state index in [9.17, 15) is 9.59 Å². The number of carbonyl (C=O) groups excluding carboxylic acids is 1. The molecule has 6 heteroatoms. The van der Waals surface area contributed by atoms with Crippen molar-refractivity contribution in [1.29, 1.82) is 0 Å². The van der Waals surface area contributed by atoms with Crippen LogP contribution in [0.3, 0.4) is 0 Å². The van der Waals surface area contributed by atoms with Gasteiger partial charge in [-0.15, -0.1) is 11.3 Å². The number of amides is 1. The van der Waals surface area contributed by atoms with E-state index in [2.05, 4.69) is 34.5 Å². The number of carboxylic acids is 1. The molecule has 2 aliphatic heterocycles. The van der Waals surface area contributed by atoms with Crippen LogP contribution in [0, 0.1) is 5.92 Å². The largest absolute Gasteiger partial charge is 0.481 e. The average molecular weight is 344 g/mol. The van der Waals surface area contributed by atoms with Gasteiger partial charge in [0.25, 0.3) is 0 Å². The lowest BCUT2D eigenvalue weighted by molar-refractivity contribution is -0.141. The Morgan fingerprint density at radius 3 is 2.92 bits per heavy atom. The van der Waals surface area contributed by atoms with Crippen LogP contribution in [-0.4, -0.2) is 52.5 Å². The Kier molecular flexibility index (Phi) is 4.02. The minimum absolute atomic E-state index is 0.00441. The molecule has 5 nitrogen and oxygen atoms in total. The minimum Gasteiger partial charge on any atom is -0.481 e. The molecule has 1 aromatic heterocycles. The molecule has 1 amide bonds. The van der Waals surface area contributed by atoms with Crippen LogP contribution in [0.15, 0.2) is 29.6 Å². The highest BCUT2D eigenvalue weighted by Crippen LogP contribution is 2.29. The maximum absolute atomic E-state index is 12.1. The fraction of sp³-hybridized carbons (Fsp3) is 0.444. The van der Waals surface area contributed by atoms with E-state index in [4.69, 9.17) is 5.11 Å². The Morgan fingerprint density at radius 1 is 1.29 bits per heavy atom. The summed E-state index contributed by atoms with van der Waals surface area (Å²) in [7, 11) is 0. The number of rotatable bonds is 4. The van der Waals surface area contributed by atoms with Crippen LogP contribution in [0.4, 0.5) is 0 Å². The van der Waals surface area contributed by atoms with Gasteiger partial charge in [-0.05, 0) is 28.8 Å². The van der Waals surface area contributed by atoms with Crippen LogP contribution in [-0.2, 0) is 16.1 Å². The molecule has 2 fully saturated rings. The highest BCUT2D eigenvalue weighted by Gasteiger charge is 2.40. The summed E-state index contributed by atoms with van der Waals surface area (Å²) < 4.78 is 1.31. The Balaban J connectivity index is 1.42. The quantitative estimate of drug-likeness (QED) is 0.925. The predicted octanol–water partition coefficient (Wildman–Crippen LogP) is 2.41. The Hall–Kier alpha value is -1.92. The van der Waals surface area contributed by atoms with Crippen molar-refractivity contribution in [3.8, 4) is 0 Å². The predicted molar refractivity (Wildman–Crippen MR) is 93.0 cm³/mol.